The lowest BCUT2D eigenvalue weighted by Crippen LogP contribution is -2.46. The van der Waals surface area contributed by atoms with Gasteiger partial charge in [-0.05, 0) is 32.4 Å². The second kappa shape index (κ2) is 6.49. The molecule has 0 heterocycles. The van der Waals surface area contributed by atoms with Gasteiger partial charge >= 0.3 is 0 Å². The van der Waals surface area contributed by atoms with Crippen LogP contribution in [0.2, 0.25) is 0 Å². The lowest BCUT2D eigenvalue weighted by atomic mass is 10.1. The van der Waals surface area contributed by atoms with Gasteiger partial charge in [0, 0.05) is 18.6 Å². The zero-order valence-corrected chi connectivity index (χ0v) is 10.9. The molecule has 2 heteroatoms. The summed E-state index contributed by atoms with van der Waals surface area (Å²) in [4.78, 5) is 2.58. The van der Waals surface area contributed by atoms with Crippen LogP contribution in [0.3, 0.4) is 0 Å². The highest BCUT2D eigenvalue weighted by Gasteiger charge is 2.29. The zero-order valence-electron chi connectivity index (χ0n) is 10.9. The van der Waals surface area contributed by atoms with Gasteiger partial charge in [0.05, 0.1) is 0 Å². The van der Waals surface area contributed by atoms with E-state index in [1.54, 1.807) is 0 Å². The van der Waals surface area contributed by atoms with Crippen molar-refractivity contribution in [2.24, 2.45) is 5.92 Å². The summed E-state index contributed by atoms with van der Waals surface area (Å²) in [6.07, 6.45) is 5.43. The van der Waals surface area contributed by atoms with Gasteiger partial charge in [-0.15, -0.1) is 0 Å². The minimum absolute atomic E-state index is 0.740. The number of hydrogen-bond donors (Lipinski definition) is 1. The summed E-state index contributed by atoms with van der Waals surface area (Å²) < 4.78 is 0. The molecule has 15 heavy (non-hydrogen) atoms. The summed E-state index contributed by atoms with van der Waals surface area (Å²) in [6.45, 7) is 9.22. The first kappa shape index (κ1) is 13.0. The average Bonchev–Trinajstić information content (AvgIpc) is 2.66. The van der Waals surface area contributed by atoms with Crippen LogP contribution in [0, 0.1) is 5.92 Å². The molecule has 1 fully saturated rings. The van der Waals surface area contributed by atoms with Crippen molar-refractivity contribution in [1.82, 2.24) is 10.2 Å². The molecule has 0 radical (unpaired) electrons. The van der Waals surface area contributed by atoms with Crippen molar-refractivity contribution in [3.63, 3.8) is 0 Å². The number of nitrogens with zero attached hydrogens (tertiary/aromatic N) is 1. The zero-order chi connectivity index (χ0) is 11.3. The van der Waals surface area contributed by atoms with E-state index in [0.29, 0.717) is 0 Å². The predicted octanol–water partition coefficient (Wildman–Crippen LogP) is 2.49. The highest BCUT2D eigenvalue weighted by atomic mass is 15.2. The lowest BCUT2D eigenvalue weighted by molar-refractivity contribution is 0.186. The number of hydrogen-bond acceptors (Lipinski definition) is 2. The highest BCUT2D eigenvalue weighted by Crippen LogP contribution is 2.24. The van der Waals surface area contributed by atoms with Gasteiger partial charge in [-0.1, -0.05) is 33.6 Å². The maximum atomic E-state index is 3.63. The molecule has 0 aromatic rings. The van der Waals surface area contributed by atoms with Crippen LogP contribution >= 0.6 is 0 Å². The maximum Gasteiger partial charge on any atom is 0.0246 e. The molecule has 0 saturated heterocycles. The largest absolute Gasteiger partial charge is 0.313 e. The Balaban J connectivity index is 2.39. The van der Waals surface area contributed by atoms with Crippen LogP contribution in [0.25, 0.3) is 0 Å². The predicted molar refractivity (Wildman–Crippen MR) is 67.2 cm³/mol. The van der Waals surface area contributed by atoms with Gasteiger partial charge in [0.2, 0.25) is 0 Å². The Morgan fingerprint density at radius 2 is 2.07 bits per heavy atom. The normalized spacial score (nSPS) is 28.6. The highest BCUT2D eigenvalue weighted by molar-refractivity contribution is 4.89. The van der Waals surface area contributed by atoms with Crippen molar-refractivity contribution in [3.05, 3.63) is 0 Å². The first-order valence-electron chi connectivity index (χ1n) is 6.62. The smallest absolute Gasteiger partial charge is 0.0246 e. The molecule has 3 atom stereocenters. The van der Waals surface area contributed by atoms with E-state index in [0.717, 1.165) is 24.5 Å². The lowest BCUT2D eigenvalue weighted by Gasteiger charge is -2.31. The van der Waals surface area contributed by atoms with Gasteiger partial charge < -0.3 is 10.2 Å². The van der Waals surface area contributed by atoms with Crippen LogP contribution in [-0.4, -0.2) is 37.1 Å². The molecule has 0 bridgehead atoms. The third kappa shape index (κ3) is 3.76. The Hall–Kier alpha value is -0.0800. The molecule has 0 spiro atoms. The van der Waals surface area contributed by atoms with Crippen molar-refractivity contribution < 1.29 is 0 Å². The van der Waals surface area contributed by atoms with E-state index >= 15 is 0 Å². The second-order valence-electron chi connectivity index (χ2n) is 5.12. The fourth-order valence-electron chi connectivity index (χ4n) is 2.72. The van der Waals surface area contributed by atoms with Crippen LogP contribution in [0.5, 0.6) is 0 Å². The summed E-state index contributed by atoms with van der Waals surface area (Å²) in [5.74, 6) is 0.831. The molecular weight excluding hydrogens is 184 g/mol. The van der Waals surface area contributed by atoms with Crippen molar-refractivity contribution in [2.75, 3.05) is 20.1 Å². The quantitative estimate of drug-likeness (QED) is 0.728. The van der Waals surface area contributed by atoms with Crippen LogP contribution in [0.4, 0.5) is 0 Å². The van der Waals surface area contributed by atoms with E-state index in [1.165, 1.54) is 32.2 Å². The van der Waals surface area contributed by atoms with Crippen LogP contribution in [0.15, 0.2) is 0 Å². The first-order valence-corrected chi connectivity index (χ1v) is 6.62. The fraction of sp³-hybridized carbons (Fsp3) is 1.00. The molecule has 3 unspecified atom stereocenters. The molecule has 0 aromatic heterocycles. The van der Waals surface area contributed by atoms with Gasteiger partial charge in [0.15, 0.2) is 0 Å². The summed E-state index contributed by atoms with van der Waals surface area (Å²) in [6, 6.07) is 1.52. The Morgan fingerprint density at radius 1 is 1.33 bits per heavy atom. The molecule has 1 aliphatic carbocycles. The Kier molecular flexibility index (Phi) is 5.62. The van der Waals surface area contributed by atoms with Gasteiger partial charge in [0.1, 0.15) is 0 Å². The number of rotatable bonds is 6. The summed E-state index contributed by atoms with van der Waals surface area (Å²) in [5, 5.41) is 3.63. The Morgan fingerprint density at radius 3 is 2.67 bits per heavy atom. The minimum atomic E-state index is 0.740. The molecule has 2 nitrogen and oxygen atoms in total. The average molecular weight is 212 g/mol. The minimum Gasteiger partial charge on any atom is -0.313 e. The second-order valence-corrected chi connectivity index (χ2v) is 5.12. The third-order valence-electron chi connectivity index (χ3n) is 3.81. The van der Waals surface area contributed by atoms with E-state index in [1.807, 2.05) is 0 Å². The fourth-order valence-corrected chi connectivity index (χ4v) is 2.72. The third-order valence-corrected chi connectivity index (χ3v) is 3.81. The van der Waals surface area contributed by atoms with Gasteiger partial charge in [0.25, 0.3) is 0 Å². The van der Waals surface area contributed by atoms with Crippen molar-refractivity contribution in [2.45, 2.75) is 58.5 Å². The number of nitrogens with one attached hydrogen (secondary N) is 1. The number of likely N-dealkylation sites (N-methyl/N-ethyl adjacent to an activating group) is 2. The summed E-state index contributed by atoms with van der Waals surface area (Å²) in [7, 11) is 2.30. The SMILES string of the molecule is CCNC1CCCC1N(C)CC(C)CC. The molecule has 90 valence electrons. The van der Waals surface area contributed by atoms with Crippen molar-refractivity contribution in [3.8, 4) is 0 Å². The Labute approximate surface area is 95.4 Å². The topological polar surface area (TPSA) is 15.3 Å². The van der Waals surface area contributed by atoms with Crippen LogP contribution < -0.4 is 5.32 Å². The molecule has 1 saturated carbocycles. The maximum absolute atomic E-state index is 3.63. The van der Waals surface area contributed by atoms with E-state index in [9.17, 15) is 0 Å². The van der Waals surface area contributed by atoms with E-state index < -0.39 is 0 Å². The molecule has 1 rings (SSSR count). The van der Waals surface area contributed by atoms with Gasteiger partial charge in [-0.25, -0.2) is 0 Å². The van der Waals surface area contributed by atoms with Gasteiger partial charge in [-0.3, -0.25) is 0 Å². The molecule has 0 amide bonds. The molecule has 0 aliphatic heterocycles. The monoisotopic (exact) mass is 212 g/mol. The molecule has 1 N–H and O–H groups in total. The van der Waals surface area contributed by atoms with Crippen molar-refractivity contribution >= 4 is 0 Å². The van der Waals surface area contributed by atoms with E-state index in [4.69, 9.17) is 0 Å². The molecular formula is C13H28N2. The molecule has 0 aromatic carbocycles. The van der Waals surface area contributed by atoms with Gasteiger partial charge in [-0.2, -0.15) is 0 Å². The first-order chi connectivity index (χ1) is 7.19. The van der Waals surface area contributed by atoms with Crippen molar-refractivity contribution in [1.29, 1.82) is 0 Å². The van der Waals surface area contributed by atoms with E-state index in [2.05, 4.69) is 38.0 Å². The van der Waals surface area contributed by atoms with E-state index in [-0.39, 0.29) is 0 Å². The Bertz CT molecular complexity index is 170. The van der Waals surface area contributed by atoms with Crippen LogP contribution in [0.1, 0.15) is 46.5 Å². The molecule has 1 aliphatic rings. The standard InChI is InChI=1S/C13H28N2/c1-5-11(3)10-15(4)13-9-7-8-12(13)14-6-2/h11-14H,5-10H2,1-4H3. The summed E-state index contributed by atoms with van der Waals surface area (Å²) in [5.41, 5.74) is 0. The summed E-state index contributed by atoms with van der Waals surface area (Å²) >= 11 is 0. The van der Waals surface area contributed by atoms with Crippen LogP contribution in [-0.2, 0) is 0 Å².